The number of anilines is 2. The summed E-state index contributed by atoms with van der Waals surface area (Å²) < 4.78 is 39.8. The highest BCUT2D eigenvalue weighted by atomic mass is 19.4. The average Bonchev–Trinajstić information content (AvgIpc) is 3.37. The summed E-state index contributed by atoms with van der Waals surface area (Å²) in [5, 5.41) is 2.57. The number of imide groups is 1. The maximum absolute atomic E-state index is 13.8. The standard InChI is InChI=1S/C29H22F3N3O3/c1-16-9-11-20(12-10-16)35-27(37)22-23(28(35)38)25(34-14-13-17-5-2-3-8-21(17)24(22)34)26(36)33-19-7-4-6-18(15-19)29(30,31)32/h2-15,22-25H,1H3,(H,33,36)/t22-,23+,24?,25-/m0/s1. The third kappa shape index (κ3) is 3.69. The van der Waals surface area contributed by atoms with E-state index in [-0.39, 0.29) is 5.69 Å². The van der Waals surface area contributed by atoms with E-state index in [4.69, 9.17) is 0 Å². The lowest BCUT2D eigenvalue weighted by Crippen LogP contribution is -2.46. The Morgan fingerprint density at radius 3 is 2.34 bits per heavy atom. The van der Waals surface area contributed by atoms with Gasteiger partial charge in [-0.1, -0.05) is 48.0 Å². The largest absolute Gasteiger partial charge is 0.416 e. The number of halogens is 3. The number of alkyl halides is 3. The first-order valence-electron chi connectivity index (χ1n) is 12.1. The van der Waals surface area contributed by atoms with Crippen LogP contribution in [0, 0.1) is 18.8 Å². The number of nitrogens with one attached hydrogen (secondary N) is 1. The number of carbonyl (C=O) groups excluding carboxylic acids is 3. The Kier molecular flexibility index (Phi) is 5.41. The third-order valence-corrected chi connectivity index (χ3v) is 7.48. The van der Waals surface area contributed by atoms with Gasteiger partial charge in [-0.15, -0.1) is 0 Å². The average molecular weight is 518 g/mol. The van der Waals surface area contributed by atoms with E-state index < -0.39 is 53.4 Å². The lowest BCUT2D eigenvalue weighted by Gasteiger charge is -2.35. The zero-order valence-corrected chi connectivity index (χ0v) is 20.1. The highest BCUT2D eigenvalue weighted by Gasteiger charge is 2.64. The minimum absolute atomic E-state index is 0.0432. The Morgan fingerprint density at radius 2 is 1.61 bits per heavy atom. The number of amides is 3. The summed E-state index contributed by atoms with van der Waals surface area (Å²) in [4.78, 5) is 44.2. The van der Waals surface area contributed by atoms with Gasteiger partial charge in [-0.25, -0.2) is 4.90 Å². The smallest absolute Gasteiger partial charge is 0.357 e. The molecule has 3 aliphatic heterocycles. The van der Waals surface area contributed by atoms with E-state index in [1.54, 1.807) is 35.4 Å². The highest BCUT2D eigenvalue weighted by molar-refractivity contribution is 6.24. The van der Waals surface area contributed by atoms with Gasteiger partial charge in [-0.2, -0.15) is 13.2 Å². The van der Waals surface area contributed by atoms with Crippen molar-refractivity contribution in [2.24, 2.45) is 11.8 Å². The van der Waals surface area contributed by atoms with Crippen LogP contribution in [0.15, 0.2) is 79.0 Å². The summed E-state index contributed by atoms with van der Waals surface area (Å²) in [6, 6.07) is 17.1. The first-order chi connectivity index (χ1) is 18.1. The summed E-state index contributed by atoms with van der Waals surface area (Å²) in [7, 11) is 0. The first kappa shape index (κ1) is 24.0. The summed E-state index contributed by atoms with van der Waals surface area (Å²) in [5.74, 6) is -3.42. The van der Waals surface area contributed by atoms with Crippen LogP contribution in [0.1, 0.15) is 28.3 Å². The predicted molar refractivity (Wildman–Crippen MR) is 135 cm³/mol. The molecular formula is C29H22F3N3O3. The van der Waals surface area contributed by atoms with Crippen LogP contribution in [0.4, 0.5) is 24.5 Å². The molecule has 0 saturated carbocycles. The minimum atomic E-state index is -4.58. The van der Waals surface area contributed by atoms with Crippen LogP contribution in [0.2, 0.25) is 0 Å². The fourth-order valence-corrected chi connectivity index (χ4v) is 5.79. The highest BCUT2D eigenvalue weighted by Crippen LogP contribution is 2.53. The molecule has 0 aromatic heterocycles. The lowest BCUT2D eigenvalue weighted by atomic mass is 9.84. The zero-order valence-electron chi connectivity index (χ0n) is 20.1. The summed E-state index contributed by atoms with van der Waals surface area (Å²) >= 11 is 0. The van der Waals surface area contributed by atoms with E-state index >= 15 is 0 Å². The fourth-order valence-electron chi connectivity index (χ4n) is 5.79. The van der Waals surface area contributed by atoms with Crippen LogP contribution in [0.3, 0.4) is 0 Å². The maximum Gasteiger partial charge on any atom is 0.416 e. The molecule has 0 bridgehead atoms. The van der Waals surface area contributed by atoms with Gasteiger partial charge >= 0.3 is 6.18 Å². The fraction of sp³-hybridized carbons (Fsp3) is 0.207. The van der Waals surface area contributed by atoms with Crippen molar-refractivity contribution in [3.63, 3.8) is 0 Å². The van der Waals surface area contributed by atoms with Gasteiger partial charge in [0.05, 0.1) is 29.1 Å². The van der Waals surface area contributed by atoms with E-state index in [0.29, 0.717) is 5.69 Å². The molecule has 1 N–H and O–H groups in total. The van der Waals surface area contributed by atoms with E-state index in [2.05, 4.69) is 5.32 Å². The molecule has 3 aromatic carbocycles. The number of hydrogen-bond acceptors (Lipinski definition) is 4. The van der Waals surface area contributed by atoms with Gasteiger partial charge in [0.1, 0.15) is 6.04 Å². The van der Waals surface area contributed by atoms with Gasteiger partial charge < -0.3 is 10.2 Å². The second kappa shape index (κ2) is 8.58. The van der Waals surface area contributed by atoms with Crippen molar-refractivity contribution in [3.8, 4) is 0 Å². The molecule has 6 nitrogen and oxygen atoms in total. The lowest BCUT2D eigenvalue weighted by molar-refractivity contribution is -0.137. The van der Waals surface area contributed by atoms with Gasteiger partial charge in [-0.05, 0) is 54.5 Å². The molecule has 192 valence electrons. The molecule has 1 unspecified atom stereocenters. The summed E-state index contributed by atoms with van der Waals surface area (Å²) in [6.07, 6.45) is -1.07. The Hall–Kier alpha value is -4.40. The van der Waals surface area contributed by atoms with E-state index in [0.717, 1.165) is 33.7 Å². The van der Waals surface area contributed by atoms with Crippen molar-refractivity contribution in [2.45, 2.75) is 25.2 Å². The van der Waals surface area contributed by atoms with Gasteiger partial charge in [0.2, 0.25) is 17.7 Å². The van der Waals surface area contributed by atoms with Crippen molar-refractivity contribution >= 4 is 35.2 Å². The topological polar surface area (TPSA) is 69.7 Å². The molecule has 4 atom stereocenters. The molecule has 2 saturated heterocycles. The van der Waals surface area contributed by atoms with Crippen molar-refractivity contribution in [1.29, 1.82) is 0 Å². The molecule has 3 aliphatic rings. The Bertz CT molecular complexity index is 1500. The Morgan fingerprint density at radius 1 is 0.895 bits per heavy atom. The van der Waals surface area contributed by atoms with Crippen LogP contribution in [0.5, 0.6) is 0 Å². The molecular weight excluding hydrogens is 495 g/mol. The van der Waals surface area contributed by atoms with Crippen LogP contribution in [-0.4, -0.2) is 28.7 Å². The van der Waals surface area contributed by atoms with E-state index in [1.165, 1.54) is 12.1 Å². The maximum atomic E-state index is 13.8. The van der Waals surface area contributed by atoms with Crippen LogP contribution < -0.4 is 10.2 Å². The number of rotatable bonds is 3. The molecule has 0 spiro atoms. The number of hydrogen-bond donors (Lipinski definition) is 1. The summed E-state index contributed by atoms with van der Waals surface area (Å²) in [5.41, 5.74) is 2.12. The SMILES string of the molecule is Cc1ccc(N2C(=O)[C@@H]3[C@H](C2=O)C2c4ccccc4C=CN2[C@@H]3C(=O)Nc2cccc(C(F)(F)F)c2)cc1. The molecule has 0 radical (unpaired) electrons. The van der Waals surface area contributed by atoms with Crippen LogP contribution in [0.25, 0.3) is 6.08 Å². The minimum Gasteiger partial charge on any atom is -0.357 e. The summed E-state index contributed by atoms with van der Waals surface area (Å²) in [6.45, 7) is 1.89. The first-order valence-corrected chi connectivity index (χ1v) is 12.1. The van der Waals surface area contributed by atoms with Crippen molar-refractivity contribution in [2.75, 3.05) is 10.2 Å². The molecule has 6 rings (SSSR count). The molecule has 3 heterocycles. The van der Waals surface area contributed by atoms with Gasteiger partial charge in [0, 0.05) is 11.9 Å². The normalized spacial score (nSPS) is 23.8. The van der Waals surface area contributed by atoms with Crippen molar-refractivity contribution in [1.82, 2.24) is 4.90 Å². The molecule has 2 fully saturated rings. The number of benzene rings is 3. The zero-order chi connectivity index (χ0) is 26.8. The van der Waals surface area contributed by atoms with Gasteiger partial charge in [0.15, 0.2) is 0 Å². The quantitative estimate of drug-likeness (QED) is 0.487. The van der Waals surface area contributed by atoms with E-state index in [9.17, 15) is 27.6 Å². The monoisotopic (exact) mass is 517 g/mol. The number of carbonyl (C=O) groups is 3. The number of fused-ring (bicyclic) bond motifs is 5. The molecule has 3 amide bonds. The van der Waals surface area contributed by atoms with Crippen LogP contribution in [-0.2, 0) is 20.6 Å². The van der Waals surface area contributed by atoms with Gasteiger partial charge in [0.25, 0.3) is 0 Å². The Balaban J connectivity index is 1.41. The molecule has 9 heteroatoms. The molecule has 0 aliphatic carbocycles. The third-order valence-electron chi connectivity index (χ3n) is 7.48. The van der Waals surface area contributed by atoms with Crippen molar-refractivity contribution in [3.05, 3.63) is 101 Å². The van der Waals surface area contributed by atoms with Crippen molar-refractivity contribution < 1.29 is 27.6 Å². The van der Waals surface area contributed by atoms with Gasteiger partial charge in [-0.3, -0.25) is 14.4 Å². The van der Waals surface area contributed by atoms with E-state index in [1.807, 2.05) is 37.3 Å². The van der Waals surface area contributed by atoms with Crippen LogP contribution >= 0.6 is 0 Å². The second-order valence-corrected chi connectivity index (χ2v) is 9.75. The Labute approximate surface area is 216 Å². The molecule has 3 aromatic rings. The second-order valence-electron chi connectivity index (χ2n) is 9.75. The predicted octanol–water partition coefficient (Wildman–Crippen LogP) is 5.17. The number of nitrogens with zero attached hydrogens (tertiary/aromatic N) is 2. The number of aryl methyl sites for hydroxylation is 1. The molecule has 38 heavy (non-hydrogen) atoms.